The molecule has 138 valence electrons. The number of nitrogens with zero attached hydrogens (tertiary/aromatic N) is 3. The Bertz CT molecular complexity index is 1120. The van der Waals surface area contributed by atoms with Crippen molar-refractivity contribution in [1.29, 1.82) is 0 Å². The molecule has 7 nitrogen and oxygen atoms in total. The third-order valence-electron chi connectivity index (χ3n) is 4.94. The molecule has 3 aromatic rings. The number of carbonyl (C=O) groups is 1. The van der Waals surface area contributed by atoms with Gasteiger partial charge in [0.05, 0.1) is 10.9 Å². The number of piperidine rings is 1. The van der Waals surface area contributed by atoms with Gasteiger partial charge in [0.2, 0.25) is 0 Å². The van der Waals surface area contributed by atoms with Crippen LogP contribution in [-0.2, 0) is 0 Å². The molecule has 0 unspecified atom stereocenters. The van der Waals surface area contributed by atoms with E-state index in [1.54, 1.807) is 29.4 Å². The molecule has 1 saturated heterocycles. The Morgan fingerprint density at radius 1 is 1.11 bits per heavy atom. The Morgan fingerprint density at radius 2 is 1.81 bits per heavy atom. The monoisotopic (exact) mass is 368 g/mol. The zero-order valence-corrected chi connectivity index (χ0v) is 14.4. The number of pyridine rings is 1. The van der Waals surface area contributed by atoms with Crippen LogP contribution >= 0.6 is 0 Å². The summed E-state index contributed by atoms with van der Waals surface area (Å²) in [6.45, 7) is 0.859. The number of hydrogen-bond donors (Lipinski definition) is 1. The summed E-state index contributed by atoms with van der Waals surface area (Å²) in [6, 6.07) is 6.68. The molecule has 0 saturated carbocycles. The maximum atomic E-state index is 13.5. The van der Waals surface area contributed by atoms with E-state index in [1.165, 1.54) is 12.1 Å². The summed E-state index contributed by atoms with van der Waals surface area (Å²) in [5.74, 6) is -0.631. The SMILES string of the molecule is O=C(c1ccncc1)N1CCC(n2c(=O)[nH]c3ccc(F)cc3c2=O)CC1. The van der Waals surface area contributed by atoms with Gasteiger partial charge in [-0.15, -0.1) is 0 Å². The van der Waals surface area contributed by atoms with Gasteiger partial charge in [-0.25, -0.2) is 9.18 Å². The lowest BCUT2D eigenvalue weighted by Gasteiger charge is -2.32. The van der Waals surface area contributed by atoms with Gasteiger partial charge in [-0.3, -0.25) is 19.1 Å². The second-order valence-electron chi connectivity index (χ2n) is 6.55. The fourth-order valence-electron chi connectivity index (χ4n) is 3.54. The van der Waals surface area contributed by atoms with Crippen molar-refractivity contribution in [2.75, 3.05) is 13.1 Å². The summed E-state index contributed by atoms with van der Waals surface area (Å²) >= 11 is 0. The van der Waals surface area contributed by atoms with Gasteiger partial charge in [0.1, 0.15) is 5.82 Å². The number of rotatable bonds is 2. The van der Waals surface area contributed by atoms with Crippen LogP contribution in [0.25, 0.3) is 10.9 Å². The summed E-state index contributed by atoms with van der Waals surface area (Å²) in [6.07, 6.45) is 4.07. The zero-order chi connectivity index (χ0) is 19.0. The predicted molar refractivity (Wildman–Crippen MR) is 97.2 cm³/mol. The number of fused-ring (bicyclic) bond motifs is 1. The van der Waals surface area contributed by atoms with Crippen LogP contribution in [0, 0.1) is 5.82 Å². The van der Waals surface area contributed by atoms with Gasteiger partial charge in [-0.1, -0.05) is 0 Å². The van der Waals surface area contributed by atoms with E-state index in [0.717, 1.165) is 10.6 Å². The average Bonchev–Trinajstić information content (AvgIpc) is 2.69. The number of benzene rings is 1. The molecule has 1 aliphatic heterocycles. The second kappa shape index (κ2) is 6.79. The van der Waals surface area contributed by atoms with Crippen LogP contribution in [0.15, 0.2) is 52.3 Å². The van der Waals surface area contributed by atoms with Crippen molar-refractivity contribution >= 4 is 16.8 Å². The first-order chi connectivity index (χ1) is 13.0. The van der Waals surface area contributed by atoms with Gasteiger partial charge >= 0.3 is 5.69 Å². The molecule has 1 amide bonds. The van der Waals surface area contributed by atoms with Crippen LogP contribution in [0.4, 0.5) is 4.39 Å². The molecular weight excluding hydrogens is 351 g/mol. The zero-order valence-electron chi connectivity index (χ0n) is 14.4. The van der Waals surface area contributed by atoms with E-state index in [4.69, 9.17) is 0 Å². The molecule has 1 N–H and O–H groups in total. The topological polar surface area (TPSA) is 88.1 Å². The van der Waals surface area contributed by atoms with E-state index in [1.807, 2.05) is 0 Å². The van der Waals surface area contributed by atoms with E-state index in [2.05, 4.69) is 9.97 Å². The number of hydrogen-bond acceptors (Lipinski definition) is 4. The van der Waals surface area contributed by atoms with Crippen molar-refractivity contribution in [2.24, 2.45) is 0 Å². The van der Waals surface area contributed by atoms with Crippen molar-refractivity contribution in [3.63, 3.8) is 0 Å². The molecule has 1 fully saturated rings. The van der Waals surface area contributed by atoms with Crippen LogP contribution in [0.1, 0.15) is 29.2 Å². The molecule has 1 aliphatic rings. The van der Waals surface area contributed by atoms with Crippen molar-refractivity contribution in [2.45, 2.75) is 18.9 Å². The highest BCUT2D eigenvalue weighted by Crippen LogP contribution is 2.22. The van der Waals surface area contributed by atoms with E-state index < -0.39 is 17.1 Å². The Labute approximate surface area is 153 Å². The first kappa shape index (κ1) is 17.1. The molecule has 3 heterocycles. The van der Waals surface area contributed by atoms with Gasteiger partial charge in [-0.2, -0.15) is 0 Å². The van der Waals surface area contributed by atoms with E-state index in [-0.39, 0.29) is 17.3 Å². The number of aromatic amines is 1. The quantitative estimate of drug-likeness (QED) is 0.746. The smallest absolute Gasteiger partial charge is 0.329 e. The fraction of sp³-hybridized carbons (Fsp3) is 0.263. The number of likely N-dealkylation sites (tertiary alicyclic amines) is 1. The molecule has 4 rings (SSSR count). The first-order valence-electron chi connectivity index (χ1n) is 8.68. The number of carbonyl (C=O) groups excluding carboxylic acids is 1. The summed E-state index contributed by atoms with van der Waals surface area (Å²) in [5, 5.41) is 0.143. The second-order valence-corrected chi connectivity index (χ2v) is 6.55. The summed E-state index contributed by atoms with van der Waals surface area (Å²) < 4.78 is 14.7. The van der Waals surface area contributed by atoms with Crippen LogP contribution in [0.2, 0.25) is 0 Å². The number of amides is 1. The minimum Gasteiger partial charge on any atom is -0.338 e. The lowest BCUT2D eigenvalue weighted by atomic mass is 10.0. The van der Waals surface area contributed by atoms with Crippen LogP contribution in [-0.4, -0.2) is 38.4 Å². The minimum absolute atomic E-state index is 0.0994. The molecule has 8 heteroatoms. The normalized spacial score (nSPS) is 15.2. The molecule has 1 aromatic carbocycles. The standard InChI is InChI=1S/C19H17FN4O3/c20-13-1-2-16-15(11-13)18(26)24(19(27)22-16)14-5-9-23(10-6-14)17(25)12-3-7-21-8-4-12/h1-4,7-8,11,14H,5-6,9-10H2,(H,22,27). The molecular formula is C19H17FN4O3. The lowest BCUT2D eigenvalue weighted by molar-refractivity contribution is 0.0692. The third kappa shape index (κ3) is 3.14. The Kier molecular flexibility index (Phi) is 4.31. The largest absolute Gasteiger partial charge is 0.338 e. The summed E-state index contributed by atoms with van der Waals surface area (Å²) in [4.78, 5) is 45.9. The Hall–Kier alpha value is -3.29. The Balaban J connectivity index is 1.59. The highest BCUT2D eigenvalue weighted by atomic mass is 19.1. The van der Waals surface area contributed by atoms with E-state index in [0.29, 0.717) is 37.0 Å². The van der Waals surface area contributed by atoms with Gasteiger partial charge in [0.15, 0.2) is 0 Å². The van der Waals surface area contributed by atoms with Gasteiger partial charge in [0, 0.05) is 37.1 Å². The highest BCUT2D eigenvalue weighted by molar-refractivity contribution is 5.94. The maximum Gasteiger partial charge on any atom is 0.329 e. The van der Waals surface area contributed by atoms with Crippen LogP contribution in [0.3, 0.4) is 0 Å². The number of aromatic nitrogens is 3. The van der Waals surface area contributed by atoms with Crippen molar-refractivity contribution in [3.05, 3.63) is 74.9 Å². The first-order valence-corrected chi connectivity index (χ1v) is 8.68. The fourth-order valence-corrected chi connectivity index (χ4v) is 3.54. The van der Waals surface area contributed by atoms with Gasteiger partial charge in [0.25, 0.3) is 11.5 Å². The number of nitrogens with one attached hydrogen (secondary N) is 1. The Morgan fingerprint density at radius 3 is 2.52 bits per heavy atom. The molecule has 0 bridgehead atoms. The highest BCUT2D eigenvalue weighted by Gasteiger charge is 2.26. The molecule has 0 aliphatic carbocycles. The molecule has 2 aromatic heterocycles. The molecule has 27 heavy (non-hydrogen) atoms. The average molecular weight is 368 g/mol. The lowest BCUT2D eigenvalue weighted by Crippen LogP contribution is -2.45. The number of H-pyrrole nitrogens is 1. The number of halogens is 1. The van der Waals surface area contributed by atoms with Gasteiger partial charge < -0.3 is 9.88 Å². The molecule has 0 spiro atoms. The molecule has 0 radical (unpaired) electrons. The third-order valence-corrected chi connectivity index (χ3v) is 4.94. The van der Waals surface area contributed by atoms with Crippen molar-refractivity contribution in [3.8, 4) is 0 Å². The van der Waals surface area contributed by atoms with Crippen molar-refractivity contribution in [1.82, 2.24) is 19.4 Å². The summed E-state index contributed by atoms with van der Waals surface area (Å²) in [7, 11) is 0. The van der Waals surface area contributed by atoms with Gasteiger partial charge in [-0.05, 0) is 43.2 Å². The molecule has 0 atom stereocenters. The summed E-state index contributed by atoms with van der Waals surface area (Å²) in [5.41, 5.74) is -0.155. The van der Waals surface area contributed by atoms with Crippen molar-refractivity contribution < 1.29 is 9.18 Å². The van der Waals surface area contributed by atoms with Crippen LogP contribution < -0.4 is 11.2 Å². The minimum atomic E-state index is -0.532. The maximum absolute atomic E-state index is 13.5. The van der Waals surface area contributed by atoms with Crippen LogP contribution in [0.5, 0.6) is 0 Å². The van der Waals surface area contributed by atoms with E-state index >= 15 is 0 Å². The van der Waals surface area contributed by atoms with E-state index in [9.17, 15) is 18.8 Å². The predicted octanol–water partition coefficient (Wildman–Crippen LogP) is 1.70.